The maximum absolute atomic E-state index is 9.43. The van der Waals surface area contributed by atoms with Gasteiger partial charge in [-0.3, -0.25) is 0 Å². The number of nitrogens with one attached hydrogen (secondary N) is 2. The van der Waals surface area contributed by atoms with Crippen LogP contribution in [0.15, 0.2) is 30.6 Å². The summed E-state index contributed by atoms with van der Waals surface area (Å²) in [6.07, 6.45) is 4.15. The van der Waals surface area contributed by atoms with Crippen LogP contribution in [0.3, 0.4) is 0 Å². The molecule has 2 heterocycles. The normalized spacial score (nSPS) is 15.6. The van der Waals surface area contributed by atoms with Crippen molar-refractivity contribution in [3.05, 3.63) is 53.0 Å². The highest BCUT2D eigenvalue weighted by molar-refractivity contribution is 5.48. The number of aliphatic hydroxyl groups is 1. The zero-order valence-electron chi connectivity index (χ0n) is 13.5. The van der Waals surface area contributed by atoms with Crippen molar-refractivity contribution in [1.29, 1.82) is 0 Å². The molecule has 1 aliphatic heterocycles. The fraction of sp³-hybridized carbons (Fsp3) is 0.444. The number of nitrogens with zero attached hydrogens (tertiary/aromatic N) is 2. The van der Waals surface area contributed by atoms with E-state index in [2.05, 4.69) is 51.8 Å². The van der Waals surface area contributed by atoms with Crippen molar-refractivity contribution < 1.29 is 5.11 Å². The number of aryl methyl sites for hydroxylation is 1. The molecular weight excluding hydrogens is 288 g/mol. The number of fused-ring (bicyclic) bond motifs is 1. The van der Waals surface area contributed by atoms with Gasteiger partial charge in [0.2, 0.25) is 0 Å². The smallest absolute Gasteiger partial charge is 0.133 e. The van der Waals surface area contributed by atoms with Gasteiger partial charge in [-0.1, -0.05) is 29.8 Å². The average molecular weight is 312 g/mol. The van der Waals surface area contributed by atoms with Crippen LogP contribution in [0.1, 0.15) is 34.8 Å². The number of rotatable bonds is 5. The SMILES string of the molecule is Cc1ccc(C(CCO)Nc2ncnc3c2CCNCC3)cc1. The number of anilines is 1. The first kappa shape index (κ1) is 15.9. The minimum atomic E-state index is 0.0517. The fourth-order valence-corrected chi connectivity index (χ4v) is 3.01. The van der Waals surface area contributed by atoms with Crippen LogP contribution in [-0.4, -0.2) is 34.8 Å². The minimum absolute atomic E-state index is 0.0517. The molecule has 0 bridgehead atoms. The Morgan fingerprint density at radius 3 is 2.74 bits per heavy atom. The Hall–Kier alpha value is -1.98. The molecule has 5 heteroatoms. The van der Waals surface area contributed by atoms with Gasteiger partial charge >= 0.3 is 0 Å². The van der Waals surface area contributed by atoms with Gasteiger partial charge in [-0.15, -0.1) is 0 Å². The second-order valence-electron chi connectivity index (χ2n) is 6.02. The lowest BCUT2D eigenvalue weighted by Crippen LogP contribution is -2.17. The van der Waals surface area contributed by atoms with Crippen molar-refractivity contribution in [2.45, 2.75) is 32.2 Å². The van der Waals surface area contributed by atoms with Crippen LogP contribution in [0.25, 0.3) is 0 Å². The van der Waals surface area contributed by atoms with Crippen LogP contribution < -0.4 is 10.6 Å². The van der Waals surface area contributed by atoms with Crippen molar-refractivity contribution in [3.8, 4) is 0 Å². The molecule has 1 atom stereocenters. The maximum atomic E-state index is 9.43. The van der Waals surface area contributed by atoms with Crippen molar-refractivity contribution >= 4 is 5.82 Å². The summed E-state index contributed by atoms with van der Waals surface area (Å²) in [5.41, 5.74) is 4.73. The highest BCUT2D eigenvalue weighted by Gasteiger charge is 2.18. The van der Waals surface area contributed by atoms with Gasteiger partial charge in [-0.05, 0) is 31.9 Å². The molecule has 0 radical (unpaired) electrons. The molecular formula is C18H24N4O. The Kier molecular flexibility index (Phi) is 5.20. The zero-order valence-corrected chi connectivity index (χ0v) is 13.5. The first-order chi connectivity index (χ1) is 11.3. The Balaban J connectivity index is 1.87. The van der Waals surface area contributed by atoms with Crippen LogP contribution >= 0.6 is 0 Å². The standard InChI is InChI=1S/C18H24N4O/c1-13-2-4-14(5-3-13)16(8-11-23)22-18-15-6-9-19-10-7-17(15)20-12-21-18/h2-5,12,16,19,23H,6-11H2,1H3,(H,20,21,22). The van der Waals surface area contributed by atoms with E-state index in [4.69, 9.17) is 0 Å². The van der Waals surface area contributed by atoms with Gasteiger partial charge < -0.3 is 15.7 Å². The molecule has 5 nitrogen and oxygen atoms in total. The summed E-state index contributed by atoms with van der Waals surface area (Å²) in [6.45, 7) is 4.13. The molecule has 23 heavy (non-hydrogen) atoms. The summed E-state index contributed by atoms with van der Waals surface area (Å²) < 4.78 is 0. The van der Waals surface area contributed by atoms with Gasteiger partial charge in [0.15, 0.2) is 0 Å². The quantitative estimate of drug-likeness (QED) is 0.788. The number of benzene rings is 1. The highest BCUT2D eigenvalue weighted by atomic mass is 16.3. The van der Waals surface area contributed by atoms with Crippen LogP contribution in [0.5, 0.6) is 0 Å². The van der Waals surface area contributed by atoms with Gasteiger partial charge in [-0.2, -0.15) is 0 Å². The molecule has 0 spiro atoms. The van der Waals surface area contributed by atoms with Gasteiger partial charge in [-0.25, -0.2) is 9.97 Å². The Labute approximate surface area is 137 Å². The summed E-state index contributed by atoms with van der Waals surface area (Å²) in [6, 6.07) is 8.49. The molecule has 1 unspecified atom stereocenters. The van der Waals surface area contributed by atoms with Crippen molar-refractivity contribution in [2.75, 3.05) is 25.0 Å². The minimum Gasteiger partial charge on any atom is -0.396 e. The average Bonchev–Trinajstić information content (AvgIpc) is 2.81. The third-order valence-electron chi connectivity index (χ3n) is 4.33. The predicted octanol–water partition coefficient (Wildman–Crippen LogP) is 2.01. The maximum Gasteiger partial charge on any atom is 0.133 e. The summed E-state index contributed by atoms with van der Waals surface area (Å²) >= 11 is 0. The highest BCUT2D eigenvalue weighted by Crippen LogP contribution is 2.26. The van der Waals surface area contributed by atoms with E-state index < -0.39 is 0 Å². The lowest BCUT2D eigenvalue weighted by Gasteiger charge is -2.21. The molecule has 3 rings (SSSR count). The van der Waals surface area contributed by atoms with Crippen molar-refractivity contribution in [2.24, 2.45) is 0 Å². The molecule has 3 N–H and O–H groups in total. The number of hydrogen-bond acceptors (Lipinski definition) is 5. The molecule has 1 aliphatic rings. The van der Waals surface area contributed by atoms with Gasteiger partial charge in [0.1, 0.15) is 12.1 Å². The lowest BCUT2D eigenvalue weighted by molar-refractivity contribution is 0.280. The van der Waals surface area contributed by atoms with E-state index in [1.54, 1.807) is 6.33 Å². The summed E-state index contributed by atoms with van der Waals surface area (Å²) in [7, 11) is 0. The molecule has 0 fully saturated rings. The lowest BCUT2D eigenvalue weighted by atomic mass is 10.0. The fourth-order valence-electron chi connectivity index (χ4n) is 3.01. The molecule has 0 amide bonds. The van der Waals surface area contributed by atoms with E-state index in [0.29, 0.717) is 6.42 Å². The topological polar surface area (TPSA) is 70.1 Å². The van der Waals surface area contributed by atoms with Crippen molar-refractivity contribution in [3.63, 3.8) is 0 Å². The molecule has 122 valence electrons. The van der Waals surface area contributed by atoms with Crippen LogP contribution in [-0.2, 0) is 12.8 Å². The largest absolute Gasteiger partial charge is 0.396 e. The van der Waals surface area contributed by atoms with E-state index in [-0.39, 0.29) is 12.6 Å². The summed E-state index contributed by atoms with van der Waals surface area (Å²) in [5.74, 6) is 0.901. The van der Waals surface area contributed by atoms with E-state index in [1.807, 2.05) is 0 Å². The number of hydrogen-bond donors (Lipinski definition) is 3. The monoisotopic (exact) mass is 312 g/mol. The molecule has 0 saturated carbocycles. The Bertz CT molecular complexity index is 642. The second kappa shape index (κ2) is 7.53. The van der Waals surface area contributed by atoms with E-state index >= 15 is 0 Å². The number of aromatic nitrogens is 2. The second-order valence-corrected chi connectivity index (χ2v) is 6.02. The molecule has 0 aliphatic carbocycles. The van der Waals surface area contributed by atoms with Gasteiger partial charge in [0.05, 0.1) is 11.7 Å². The molecule has 1 aromatic heterocycles. The van der Waals surface area contributed by atoms with Crippen LogP contribution in [0.4, 0.5) is 5.82 Å². The summed E-state index contributed by atoms with van der Waals surface area (Å²) in [4.78, 5) is 8.90. The Morgan fingerprint density at radius 2 is 1.96 bits per heavy atom. The van der Waals surface area contributed by atoms with Crippen molar-refractivity contribution in [1.82, 2.24) is 15.3 Å². The van der Waals surface area contributed by atoms with E-state index in [9.17, 15) is 5.11 Å². The predicted molar refractivity (Wildman–Crippen MR) is 91.6 cm³/mol. The van der Waals surface area contributed by atoms with E-state index in [1.165, 1.54) is 16.7 Å². The Morgan fingerprint density at radius 1 is 1.17 bits per heavy atom. The van der Waals surface area contributed by atoms with Crippen LogP contribution in [0, 0.1) is 6.92 Å². The van der Waals surface area contributed by atoms with Crippen LogP contribution in [0.2, 0.25) is 0 Å². The molecule has 1 aromatic carbocycles. The first-order valence-corrected chi connectivity index (χ1v) is 8.25. The summed E-state index contributed by atoms with van der Waals surface area (Å²) in [5, 5.41) is 16.4. The molecule has 2 aromatic rings. The third kappa shape index (κ3) is 3.86. The van der Waals surface area contributed by atoms with Gasteiger partial charge in [0, 0.05) is 25.1 Å². The first-order valence-electron chi connectivity index (χ1n) is 8.25. The van der Waals surface area contributed by atoms with E-state index in [0.717, 1.165) is 37.4 Å². The third-order valence-corrected chi connectivity index (χ3v) is 4.33. The van der Waals surface area contributed by atoms with Gasteiger partial charge in [0.25, 0.3) is 0 Å². The number of aliphatic hydroxyl groups excluding tert-OH is 1. The molecule has 0 saturated heterocycles. The zero-order chi connectivity index (χ0) is 16.1.